The summed E-state index contributed by atoms with van der Waals surface area (Å²) >= 11 is 0. The zero-order chi connectivity index (χ0) is 12.1. The van der Waals surface area contributed by atoms with Gasteiger partial charge in [-0.15, -0.1) is 0 Å². The second-order valence-corrected chi connectivity index (χ2v) is 5.54. The number of rotatable bonds is 3. The largest absolute Gasteiger partial charge is 0.338 e. The molecule has 4 N–H and O–H groups in total. The highest BCUT2D eigenvalue weighted by atomic mass is 16.2. The van der Waals surface area contributed by atoms with Crippen molar-refractivity contribution in [3.05, 3.63) is 0 Å². The van der Waals surface area contributed by atoms with Gasteiger partial charge in [-0.1, -0.05) is 25.7 Å². The fraction of sp³-hybridized carbons (Fsp3) is 0.923. The van der Waals surface area contributed by atoms with Crippen molar-refractivity contribution in [1.29, 1.82) is 0 Å². The van der Waals surface area contributed by atoms with Gasteiger partial charge >= 0.3 is 6.03 Å². The van der Waals surface area contributed by atoms with Gasteiger partial charge < -0.3 is 16.4 Å². The summed E-state index contributed by atoms with van der Waals surface area (Å²) in [6.07, 6.45) is 9.56. The van der Waals surface area contributed by atoms with Crippen molar-refractivity contribution in [3.8, 4) is 0 Å². The minimum absolute atomic E-state index is 0.00370. The molecule has 0 bridgehead atoms. The van der Waals surface area contributed by atoms with E-state index in [1.807, 2.05) is 0 Å². The van der Waals surface area contributed by atoms with Crippen molar-refractivity contribution < 1.29 is 4.79 Å². The highest BCUT2D eigenvalue weighted by Gasteiger charge is 2.24. The van der Waals surface area contributed by atoms with Gasteiger partial charge in [0.15, 0.2) is 0 Å². The number of urea groups is 1. The van der Waals surface area contributed by atoms with Gasteiger partial charge in [0.1, 0.15) is 0 Å². The van der Waals surface area contributed by atoms with Crippen LogP contribution >= 0.6 is 0 Å². The SMILES string of the molecule is NC1CCCC1CNC(=O)NC1CCCCC1. The molecule has 2 saturated carbocycles. The van der Waals surface area contributed by atoms with Crippen LogP contribution in [0, 0.1) is 5.92 Å². The second kappa shape index (κ2) is 6.24. The fourth-order valence-corrected chi connectivity index (χ4v) is 3.03. The molecule has 98 valence electrons. The Bertz CT molecular complexity index is 251. The van der Waals surface area contributed by atoms with Gasteiger partial charge in [-0.05, 0) is 31.6 Å². The Balaban J connectivity index is 1.63. The van der Waals surface area contributed by atoms with Crippen molar-refractivity contribution in [2.45, 2.75) is 63.5 Å². The van der Waals surface area contributed by atoms with Gasteiger partial charge in [-0.2, -0.15) is 0 Å². The molecule has 2 atom stereocenters. The topological polar surface area (TPSA) is 67.1 Å². The lowest BCUT2D eigenvalue weighted by molar-refractivity contribution is 0.230. The lowest BCUT2D eigenvalue weighted by Crippen LogP contribution is -2.45. The third kappa shape index (κ3) is 3.87. The van der Waals surface area contributed by atoms with E-state index in [2.05, 4.69) is 10.6 Å². The quantitative estimate of drug-likeness (QED) is 0.702. The first-order valence-electron chi connectivity index (χ1n) is 7.05. The molecule has 2 aliphatic carbocycles. The van der Waals surface area contributed by atoms with Crippen molar-refractivity contribution >= 4 is 6.03 Å². The number of hydrogen-bond acceptors (Lipinski definition) is 2. The fourth-order valence-electron chi connectivity index (χ4n) is 3.03. The lowest BCUT2D eigenvalue weighted by Gasteiger charge is -2.23. The molecule has 0 saturated heterocycles. The second-order valence-electron chi connectivity index (χ2n) is 5.54. The van der Waals surface area contributed by atoms with Crippen molar-refractivity contribution in [1.82, 2.24) is 10.6 Å². The van der Waals surface area contributed by atoms with E-state index in [4.69, 9.17) is 5.73 Å². The summed E-state index contributed by atoms with van der Waals surface area (Å²) in [5, 5.41) is 6.04. The minimum Gasteiger partial charge on any atom is -0.338 e. The van der Waals surface area contributed by atoms with Crippen molar-refractivity contribution in [3.63, 3.8) is 0 Å². The molecule has 0 spiro atoms. The van der Waals surface area contributed by atoms with Gasteiger partial charge in [0.2, 0.25) is 0 Å². The van der Waals surface area contributed by atoms with Crippen molar-refractivity contribution in [2.75, 3.05) is 6.54 Å². The van der Waals surface area contributed by atoms with Crippen LogP contribution in [-0.2, 0) is 0 Å². The van der Waals surface area contributed by atoms with Crippen LogP contribution in [0.1, 0.15) is 51.4 Å². The zero-order valence-corrected chi connectivity index (χ0v) is 10.6. The molecule has 0 aliphatic heterocycles. The molecule has 4 heteroatoms. The molecular weight excluding hydrogens is 214 g/mol. The van der Waals surface area contributed by atoms with E-state index in [0.717, 1.165) is 32.2 Å². The summed E-state index contributed by atoms with van der Waals surface area (Å²) in [6.45, 7) is 0.736. The molecule has 0 heterocycles. The van der Waals surface area contributed by atoms with Gasteiger partial charge in [0.25, 0.3) is 0 Å². The van der Waals surface area contributed by atoms with Crippen LogP contribution in [0.5, 0.6) is 0 Å². The van der Waals surface area contributed by atoms with Gasteiger partial charge in [-0.25, -0.2) is 4.79 Å². The van der Waals surface area contributed by atoms with Gasteiger partial charge in [0.05, 0.1) is 0 Å². The van der Waals surface area contributed by atoms with E-state index in [1.165, 1.54) is 25.7 Å². The molecule has 2 aliphatic rings. The van der Waals surface area contributed by atoms with Crippen LogP contribution < -0.4 is 16.4 Å². The molecule has 2 rings (SSSR count). The predicted molar refractivity (Wildman–Crippen MR) is 68.7 cm³/mol. The first-order chi connectivity index (χ1) is 8.25. The normalized spacial score (nSPS) is 30.2. The van der Waals surface area contributed by atoms with E-state index in [1.54, 1.807) is 0 Å². The summed E-state index contributed by atoms with van der Waals surface area (Å²) in [6, 6.07) is 0.669. The number of amides is 2. The maximum Gasteiger partial charge on any atom is 0.315 e. The molecule has 0 aromatic rings. The highest BCUT2D eigenvalue weighted by molar-refractivity contribution is 5.74. The van der Waals surface area contributed by atoms with Gasteiger partial charge in [-0.3, -0.25) is 0 Å². The lowest BCUT2D eigenvalue weighted by atomic mass is 9.96. The van der Waals surface area contributed by atoms with E-state index >= 15 is 0 Å². The van der Waals surface area contributed by atoms with Crippen LogP contribution in [-0.4, -0.2) is 24.7 Å². The standard InChI is InChI=1S/C13H25N3O/c14-12-8-4-5-10(12)9-15-13(17)16-11-6-2-1-3-7-11/h10-12H,1-9,14H2,(H2,15,16,17). The number of hydrogen-bond donors (Lipinski definition) is 3. The summed E-state index contributed by atoms with van der Waals surface area (Å²) in [7, 11) is 0. The molecular formula is C13H25N3O. The highest BCUT2D eigenvalue weighted by Crippen LogP contribution is 2.23. The Kier molecular flexibility index (Phi) is 4.66. The third-order valence-corrected chi connectivity index (χ3v) is 4.18. The summed E-state index contributed by atoms with van der Waals surface area (Å²) in [5.74, 6) is 0.479. The molecule has 0 aromatic heterocycles. The van der Waals surface area contributed by atoms with Crippen LogP contribution in [0.4, 0.5) is 4.79 Å². The minimum atomic E-state index is -0.00370. The Hall–Kier alpha value is -0.770. The summed E-state index contributed by atoms with van der Waals surface area (Å²) in [5.41, 5.74) is 5.98. The molecule has 2 amide bonds. The first kappa shape index (κ1) is 12.7. The van der Waals surface area contributed by atoms with Gasteiger partial charge in [0, 0.05) is 18.6 Å². The molecule has 2 unspecified atom stereocenters. The Morgan fingerprint density at radius 3 is 2.47 bits per heavy atom. The maximum absolute atomic E-state index is 11.7. The average molecular weight is 239 g/mol. The maximum atomic E-state index is 11.7. The van der Waals surface area contributed by atoms with E-state index < -0.39 is 0 Å². The number of carbonyl (C=O) groups excluding carboxylic acids is 1. The first-order valence-corrected chi connectivity index (χ1v) is 7.05. The Labute approximate surface area is 104 Å². The van der Waals surface area contributed by atoms with Crippen LogP contribution in [0.25, 0.3) is 0 Å². The predicted octanol–water partition coefficient (Wildman–Crippen LogP) is 1.75. The van der Waals surface area contributed by atoms with E-state index in [9.17, 15) is 4.79 Å². The third-order valence-electron chi connectivity index (χ3n) is 4.18. The van der Waals surface area contributed by atoms with Crippen LogP contribution in [0.15, 0.2) is 0 Å². The van der Waals surface area contributed by atoms with E-state index in [-0.39, 0.29) is 12.1 Å². The van der Waals surface area contributed by atoms with Crippen molar-refractivity contribution in [2.24, 2.45) is 11.7 Å². The van der Waals surface area contributed by atoms with Crippen LogP contribution in [0.3, 0.4) is 0 Å². The molecule has 17 heavy (non-hydrogen) atoms. The summed E-state index contributed by atoms with van der Waals surface area (Å²) in [4.78, 5) is 11.7. The van der Waals surface area contributed by atoms with E-state index in [0.29, 0.717) is 12.0 Å². The number of nitrogens with one attached hydrogen (secondary N) is 2. The molecule has 0 aromatic carbocycles. The summed E-state index contributed by atoms with van der Waals surface area (Å²) < 4.78 is 0. The number of carbonyl (C=O) groups is 1. The smallest absolute Gasteiger partial charge is 0.315 e. The molecule has 0 radical (unpaired) electrons. The molecule has 4 nitrogen and oxygen atoms in total. The monoisotopic (exact) mass is 239 g/mol. The average Bonchev–Trinajstić information content (AvgIpc) is 2.74. The molecule has 2 fully saturated rings. The van der Waals surface area contributed by atoms with Crippen LogP contribution in [0.2, 0.25) is 0 Å². The number of nitrogens with two attached hydrogens (primary N) is 1. The zero-order valence-electron chi connectivity index (χ0n) is 10.6. The Morgan fingerprint density at radius 2 is 1.82 bits per heavy atom. The Morgan fingerprint density at radius 1 is 1.06 bits per heavy atom.